The molecule has 0 radical (unpaired) electrons. The van der Waals surface area contributed by atoms with Gasteiger partial charge in [-0.15, -0.1) is 0 Å². The number of ether oxygens (including phenoxy) is 1. The molecule has 1 aliphatic rings. The summed E-state index contributed by atoms with van der Waals surface area (Å²) in [6.07, 6.45) is 5.05. The minimum atomic E-state index is 0.0945. The zero-order valence-electron chi connectivity index (χ0n) is 8.88. The van der Waals surface area contributed by atoms with E-state index in [4.69, 9.17) is 4.74 Å². The zero-order chi connectivity index (χ0) is 9.90. The van der Waals surface area contributed by atoms with Crippen LogP contribution in [0.1, 0.15) is 46.5 Å². The highest BCUT2D eigenvalue weighted by molar-refractivity contribution is 5.37. The molecule has 2 heteroatoms. The Balaban J connectivity index is 2.46. The van der Waals surface area contributed by atoms with Crippen molar-refractivity contribution in [3.8, 4) is 0 Å². The van der Waals surface area contributed by atoms with Crippen LogP contribution in [0.3, 0.4) is 0 Å². The van der Waals surface area contributed by atoms with Crippen LogP contribution >= 0.6 is 0 Å². The number of carbonyl (C=O) groups is 1. The fraction of sp³-hybridized carbons (Fsp3) is 0.909. The van der Waals surface area contributed by atoms with Gasteiger partial charge in [-0.25, -0.2) is 0 Å². The average molecular weight is 184 g/mol. The molecule has 1 fully saturated rings. The Kier molecular flexibility index (Phi) is 3.34. The Hall–Kier alpha value is -0.530. The van der Waals surface area contributed by atoms with E-state index in [1.807, 2.05) is 6.92 Å². The molecule has 0 amide bonds. The van der Waals surface area contributed by atoms with Crippen LogP contribution in [0.2, 0.25) is 0 Å². The molecule has 0 aliphatic heterocycles. The van der Waals surface area contributed by atoms with Crippen molar-refractivity contribution >= 4 is 6.47 Å². The normalized spacial score (nSPS) is 29.3. The van der Waals surface area contributed by atoms with Crippen LogP contribution in [0.4, 0.5) is 0 Å². The molecule has 0 saturated heterocycles. The molecule has 13 heavy (non-hydrogen) atoms. The number of carbonyl (C=O) groups excluding carboxylic acids is 1. The van der Waals surface area contributed by atoms with E-state index in [1.54, 1.807) is 0 Å². The van der Waals surface area contributed by atoms with Crippen molar-refractivity contribution in [3.05, 3.63) is 0 Å². The van der Waals surface area contributed by atoms with Gasteiger partial charge in [-0.05, 0) is 37.5 Å². The molecular formula is C11H20O2. The van der Waals surface area contributed by atoms with Gasteiger partial charge in [0.05, 0.1) is 0 Å². The summed E-state index contributed by atoms with van der Waals surface area (Å²) in [7, 11) is 0. The van der Waals surface area contributed by atoms with Gasteiger partial charge in [-0.2, -0.15) is 0 Å². The van der Waals surface area contributed by atoms with Gasteiger partial charge in [0.25, 0.3) is 6.47 Å². The second-order valence-corrected chi connectivity index (χ2v) is 4.96. The zero-order valence-corrected chi connectivity index (χ0v) is 8.88. The van der Waals surface area contributed by atoms with Crippen LogP contribution in [0, 0.1) is 11.3 Å². The highest BCUT2D eigenvalue weighted by Crippen LogP contribution is 2.40. The van der Waals surface area contributed by atoms with E-state index in [2.05, 4.69) is 13.8 Å². The largest absolute Gasteiger partial charge is 0.465 e. The molecule has 0 heterocycles. The van der Waals surface area contributed by atoms with Crippen LogP contribution < -0.4 is 0 Å². The minimum Gasteiger partial charge on any atom is -0.465 e. The third-order valence-corrected chi connectivity index (χ3v) is 3.18. The number of hydrogen-bond donors (Lipinski definition) is 0. The molecule has 0 bridgehead atoms. The quantitative estimate of drug-likeness (QED) is 0.630. The maximum Gasteiger partial charge on any atom is 0.293 e. The molecule has 0 N–H and O–H groups in total. The Morgan fingerprint density at radius 3 is 2.77 bits per heavy atom. The second kappa shape index (κ2) is 4.12. The topological polar surface area (TPSA) is 26.3 Å². The summed E-state index contributed by atoms with van der Waals surface area (Å²) in [5.41, 5.74) is 0.434. The van der Waals surface area contributed by atoms with Crippen molar-refractivity contribution in [1.29, 1.82) is 0 Å². The molecule has 0 aromatic rings. The lowest BCUT2D eigenvalue weighted by Gasteiger charge is -2.37. The fourth-order valence-corrected chi connectivity index (χ4v) is 2.36. The highest BCUT2D eigenvalue weighted by atomic mass is 16.5. The van der Waals surface area contributed by atoms with Crippen LogP contribution in [-0.4, -0.2) is 12.6 Å². The Bertz CT molecular complexity index is 175. The molecule has 0 spiro atoms. The molecule has 0 aromatic heterocycles. The minimum absolute atomic E-state index is 0.0945. The van der Waals surface area contributed by atoms with E-state index in [-0.39, 0.29) is 6.10 Å². The third kappa shape index (κ3) is 3.02. The molecule has 1 aliphatic carbocycles. The van der Waals surface area contributed by atoms with Crippen LogP contribution in [0.25, 0.3) is 0 Å². The van der Waals surface area contributed by atoms with Gasteiger partial charge in [-0.1, -0.05) is 20.3 Å². The number of rotatable bonds is 3. The lowest BCUT2D eigenvalue weighted by molar-refractivity contribution is -0.136. The van der Waals surface area contributed by atoms with Crippen molar-refractivity contribution in [2.45, 2.75) is 52.6 Å². The summed E-state index contributed by atoms with van der Waals surface area (Å²) in [5, 5.41) is 0. The summed E-state index contributed by atoms with van der Waals surface area (Å²) in [4.78, 5) is 10.2. The molecule has 0 unspecified atom stereocenters. The summed E-state index contributed by atoms with van der Waals surface area (Å²) < 4.78 is 4.99. The summed E-state index contributed by atoms with van der Waals surface area (Å²) in [6.45, 7) is 7.17. The smallest absolute Gasteiger partial charge is 0.293 e. The first-order valence-electron chi connectivity index (χ1n) is 5.14. The van der Waals surface area contributed by atoms with E-state index in [0.29, 0.717) is 17.8 Å². The average Bonchev–Trinajstić information content (AvgIpc) is 2.03. The van der Waals surface area contributed by atoms with Crippen LogP contribution in [0.15, 0.2) is 0 Å². The highest BCUT2D eigenvalue weighted by Gasteiger charge is 2.31. The van der Waals surface area contributed by atoms with Gasteiger partial charge in [0.2, 0.25) is 0 Å². The Labute approximate surface area is 80.7 Å². The second-order valence-electron chi connectivity index (χ2n) is 4.96. The van der Waals surface area contributed by atoms with E-state index in [1.165, 1.54) is 25.7 Å². The SMILES string of the molecule is C[C@H](OC=O)[C@@H]1CCCC(C)(C)C1. The molecule has 2 atom stereocenters. The predicted octanol–water partition coefficient (Wildman–Crippen LogP) is 2.76. The third-order valence-electron chi connectivity index (χ3n) is 3.18. The van der Waals surface area contributed by atoms with Crippen molar-refractivity contribution < 1.29 is 9.53 Å². The molecule has 1 rings (SSSR count). The molecular weight excluding hydrogens is 164 g/mol. The maximum atomic E-state index is 10.2. The lowest BCUT2D eigenvalue weighted by Crippen LogP contribution is -2.30. The Morgan fingerprint density at radius 2 is 2.23 bits per heavy atom. The van der Waals surface area contributed by atoms with Crippen LogP contribution in [-0.2, 0) is 9.53 Å². The van der Waals surface area contributed by atoms with Gasteiger partial charge in [0, 0.05) is 0 Å². The van der Waals surface area contributed by atoms with Gasteiger partial charge in [0.1, 0.15) is 6.10 Å². The van der Waals surface area contributed by atoms with Crippen molar-refractivity contribution in [2.75, 3.05) is 0 Å². The van der Waals surface area contributed by atoms with Gasteiger partial charge < -0.3 is 4.74 Å². The first-order valence-corrected chi connectivity index (χ1v) is 5.14. The van der Waals surface area contributed by atoms with E-state index in [0.717, 1.165) is 0 Å². The summed E-state index contributed by atoms with van der Waals surface area (Å²) >= 11 is 0. The van der Waals surface area contributed by atoms with Gasteiger partial charge >= 0.3 is 0 Å². The molecule has 0 aromatic carbocycles. The standard InChI is InChI=1S/C11H20O2/c1-9(13-8-12)10-5-4-6-11(2,3)7-10/h8-10H,4-7H2,1-3H3/t9-,10+/m0/s1. The monoisotopic (exact) mass is 184 g/mol. The summed E-state index contributed by atoms with van der Waals surface area (Å²) in [5.74, 6) is 0.564. The van der Waals surface area contributed by atoms with E-state index >= 15 is 0 Å². The van der Waals surface area contributed by atoms with Crippen molar-refractivity contribution in [1.82, 2.24) is 0 Å². The van der Waals surface area contributed by atoms with Crippen LogP contribution in [0.5, 0.6) is 0 Å². The molecule has 1 saturated carbocycles. The fourth-order valence-electron chi connectivity index (χ4n) is 2.36. The first-order chi connectivity index (χ1) is 6.05. The van der Waals surface area contributed by atoms with Gasteiger partial charge in [0.15, 0.2) is 0 Å². The molecule has 76 valence electrons. The van der Waals surface area contributed by atoms with E-state index < -0.39 is 0 Å². The van der Waals surface area contributed by atoms with Crippen molar-refractivity contribution in [3.63, 3.8) is 0 Å². The predicted molar refractivity (Wildman–Crippen MR) is 52.4 cm³/mol. The lowest BCUT2D eigenvalue weighted by atomic mass is 9.71. The summed E-state index contributed by atoms with van der Waals surface area (Å²) in [6, 6.07) is 0. The van der Waals surface area contributed by atoms with Crippen molar-refractivity contribution in [2.24, 2.45) is 11.3 Å². The van der Waals surface area contributed by atoms with E-state index in [9.17, 15) is 4.79 Å². The Morgan fingerprint density at radius 1 is 1.54 bits per heavy atom. The number of hydrogen-bond acceptors (Lipinski definition) is 2. The first kappa shape index (κ1) is 10.6. The van der Waals surface area contributed by atoms with Gasteiger partial charge in [-0.3, -0.25) is 4.79 Å². The maximum absolute atomic E-state index is 10.2. The molecule has 2 nitrogen and oxygen atoms in total.